The van der Waals surface area contributed by atoms with Gasteiger partial charge >= 0.3 is 0 Å². The first-order valence-corrected chi connectivity index (χ1v) is 28.1. The molecule has 1 aliphatic carbocycles. The van der Waals surface area contributed by atoms with Gasteiger partial charge in [-0.1, -0.05) is 249 Å². The van der Waals surface area contributed by atoms with E-state index in [0.29, 0.717) is 0 Å². The molecule has 0 bridgehead atoms. The lowest BCUT2D eigenvalue weighted by Gasteiger charge is -2.34. The average molecular weight is 1030 g/mol. The first-order valence-electron chi connectivity index (χ1n) is 28.1. The summed E-state index contributed by atoms with van der Waals surface area (Å²) < 4.78 is 4.87. The maximum atomic E-state index is 2.44. The largest absolute Gasteiger partial charge is 0.309 e. The van der Waals surface area contributed by atoms with Gasteiger partial charge in [0.2, 0.25) is 0 Å². The molecule has 2 nitrogen and oxygen atoms in total. The van der Waals surface area contributed by atoms with Crippen molar-refractivity contribution in [1.29, 1.82) is 0 Å². The molecule has 0 saturated carbocycles. The standard InChI is InChI=1S/C79H52N2/c1-3-20-55(21-4-1)65-30-9-14-37-74(65)81-76-39-16-11-34-69(76)71-52-61(45-47-78(71)81)60-44-46-77-70(51-60)68-33-10-15-38-75(68)80(77)64-29-19-25-59(50-64)57-23-17-22-56(48-57)53-40-42-54(43-41-53)58-24-18-28-63(49-58)79(62-26-5-2-6-27-62)72-35-12-7-31-66(72)67-32-8-13-36-73(67)79/h1-52H. The molecule has 0 spiro atoms. The summed E-state index contributed by atoms with van der Waals surface area (Å²) in [5, 5.41) is 4.94. The summed E-state index contributed by atoms with van der Waals surface area (Å²) in [5.74, 6) is 0. The fraction of sp³-hybridized carbons (Fsp3) is 0.0127. The van der Waals surface area contributed by atoms with Gasteiger partial charge in [0.15, 0.2) is 0 Å². The van der Waals surface area contributed by atoms with Crippen molar-refractivity contribution in [3.63, 3.8) is 0 Å². The van der Waals surface area contributed by atoms with Crippen LogP contribution in [0.2, 0.25) is 0 Å². The second kappa shape index (κ2) is 18.8. The molecule has 2 aromatic heterocycles. The summed E-state index contributed by atoms with van der Waals surface area (Å²) >= 11 is 0. The Morgan fingerprint density at radius 1 is 0.210 bits per heavy atom. The maximum absolute atomic E-state index is 2.44. The van der Waals surface area contributed by atoms with Gasteiger partial charge in [-0.25, -0.2) is 0 Å². The van der Waals surface area contributed by atoms with Crippen molar-refractivity contribution in [3.05, 3.63) is 338 Å². The van der Waals surface area contributed by atoms with Crippen molar-refractivity contribution < 1.29 is 0 Å². The van der Waals surface area contributed by atoms with Crippen LogP contribution in [0, 0.1) is 0 Å². The molecule has 0 atom stereocenters. The number of benzene rings is 13. The number of rotatable bonds is 9. The van der Waals surface area contributed by atoms with Crippen molar-refractivity contribution in [3.8, 4) is 78.1 Å². The molecule has 0 fully saturated rings. The second-order valence-electron chi connectivity index (χ2n) is 21.5. The number of hydrogen-bond acceptors (Lipinski definition) is 0. The molecule has 0 N–H and O–H groups in total. The molecule has 1 aliphatic rings. The molecule has 0 amide bonds. The minimum absolute atomic E-state index is 0.438. The molecule has 0 radical (unpaired) electrons. The van der Waals surface area contributed by atoms with Crippen LogP contribution in [0.25, 0.3) is 122 Å². The third kappa shape index (κ3) is 7.42. The van der Waals surface area contributed by atoms with Crippen molar-refractivity contribution in [2.45, 2.75) is 5.41 Å². The van der Waals surface area contributed by atoms with E-state index in [1.807, 2.05) is 0 Å². The lowest BCUT2D eigenvalue weighted by molar-refractivity contribution is 0.769. The minimum atomic E-state index is -0.438. The van der Waals surface area contributed by atoms with E-state index in [9.17, 15) is 0 Å². The van der Waals surface area contributed by atoms with Crippen molar-refractivity contribution in [2.24, 2.45) is 0 Å². The Labute approximate surface area is 471 Å². The molecule has 2 heterocycles. The van der Waals surface area contributed by atoms with Gasteiger partial charge in [0, 0.05) is 32.8 Å². The summed E-state index contributed by atoms with van der Waals surface area (Å²) in [6, 6.07) is 116. The summed E-state index contributed by atoms with van der Waals surface area (Å²) in [7, 11) is 0. The molecule has 16 rings (SSSR count). The highest BCUT2D eigenvalue weighted by Crippen LogP contribution is 2.56. The molecular weight excluding hydrogens is 977 g/mol. The van der Waals surface area contributed by atoms with Gasteiger partial charge in [-0.15, -0.1) is 0 Å². The zero-order chi connectivity index (χ0) is 53.4. The van der Waals surface area contributed by atoms with E-state index in [4.69, 9.17) is 0 Å². The number of nitrogens with zero attached hydrogens (tertiary/aromatic N) is 2. The van der Waals surface area contributed by atoms with Crippen molar-refractivity contribution in [2.75, 3.05) is 0 Å². The summed E-state index contributed by atoms with van der Waals surface area (Å²) in [6.45, 7) is 0. The van der Waals surface area contributed by atoms with Crippen LogP contribution in [0.15, 0.2) is 315 Å². The molecule has 0 aliphatic heterocycles. The number of hydrogen-bond donors (Lipinski definition) is 0. The molecule has 0 unspecified atom stereocenters. The van der Waals surface area contributed by atoms with Crippen LogP contribution in [-0.2, 0) is 5.41 Å². The summed E-state index contributed by atoms with van der Waals surface area (Å²) in [4.78, 5) is 0. The highest BCUT2D eigenvalue weighted by Gasteiger charge is 2.46. The van der Waals surface area contributed by atoms with E-state index < -0.39 is 5.41 Å². The normalized spacial score (nSPS) is 12.5. The third-order valence-corrected chi connectivity index (χ3v) is 17.2. The van der Waals surface area contributed by atoms with Crippen LogP contribution in [0.3, 0.4) is 0 Å². The van der Waals surface area contributed by atoms with Crippen LogP contribution < -0.4 is 0 Å². The van der Waals surface area contributed by atoms with Gasteiger partial charge in [0.25, 0.3) is 0 Å². The van der Waals surface area contributed by atoms with Gasteiger partial charge in [-0.3, -0.25) is 0 Å². The monoisotopic (exact) mass is 1030 g/mol. The number of fused-ring (bicyclic) bond motifs is 9. The first-order chi connectivity index (χ1) is 40.2. The molecular formula is C79H52N2. The Morgan fingerprint density at radius 2 is 0.617 bits per heavy atom. The number of aromatic nitrogens is 2. The van der Waals surface area contributed by atoms with Crippen molar-refractivity contribution >= 4 is 43.6 Å². The Bertz CT molecular complexity index is 4880. The molecule has 81 heavy (non-hydrogen) atoms. The highest BCUT2D eigenvalue weighted by molar-refractivity contribution is 6.13. The summed E-state index contributed by atoms with van der Waals surface area (Å²) in [6.07, 6.45) is 0. The van der Waals surface area contributed by atoms with Crippen molar-refractivity contribution in [1.82, 2.24) is 9.13 Å². The lowest BCUT2D eigenvalue weighted by atomic mass is 9.67. The fourth-order valence-corrected chi connectivity index (χ4v) is 13.6. The Balaban J connectivity index is 0.724. The Hall–Kier alpha value is -10.5. The van der Waals surface area contributed by atoms with Crippen LogP contribution in [0.1, 0.15) is 22.3 Å². The van der Waals surface area contributed by atoms with E-state index in [1.54, 1.807) is 0 Å². The van der Waals surface area contributed by atoms with E-state index in [-0.39, 0.29) is 0 Å². The SMILES string of the molecule is c1ccc(-c2ccccc2-n2c3ccccc3c3cc(-c4ccc5c(c4)c4ccccc4n5-c4cccc(-c5cccc(-c6ccc(-c7cccc(C8(c9ccccc9)c9ccccc9-c9ccccc98)c7)cc6)c5)c4)ccc32)cc1. The first kappa shape index (κ1) is 46.5. The minimum Gasteiger partial charge on any atom is -0.309 e. The Morgan fingerprint density at radius 3 is 1.26 bits per heavy atom. The van der Waals surface area contributed by atoms with Gasteiger partial charge in [0.05, 0.1) is 33.2 Å². The van der Waals surface area contributed by atoms with Gasteiger partial charge in [-0.05, 0) is 150 Å². The van der Waals surface area contributed by atoms with Crippen LogP contribution >= 0.6 is 0 Å². The predicted octanol–water partition coefficient (Wildman–Crippen LogP) is 20.6. The number of para-hydroxylation sites is 3. The fourth-order valence-electron chi connectivity index (χ4n) is 13.6. The quantitative estimate of drug-likeness (QED) is 0.136. The topological polar surface area (TPSA) is 9.86 Å². The van der Waals surface area contributed by atoms with E-state index >= 15 is 0 Å². The van der Waals surface area contributed by atoms with E-state index in [1.165, 1.54) is 138 Å². The molecule has 2 heteroatoms. The smallest absolute Gasteiger partial charge is 0.0713 e. The molecule has 15 aromatic rings. The Kier molecular flexibility index (Phi) is 10.8. The third-order valence-electron chi connectivity index (χ3n) is 17.2. The van der Waals surface area contributed by atoms with Gasteiger partial charge in [0.1, 0.15) is 0 Å². The maximum Gasteiger partial charge on any atom is 0.0713 e. The molecule has 378 valence electrons. The van der Waals surface area contributed by atoms with Gasteiger partial charge in [-0.2, -0.15) is 0 Å². The average Bonchev–Trinajstić information content (AvgIpc) is 3.32. The molecule has 0 saturated heterocycles. The zero-order valence-corrected chi connectivity index (χ0v) is 44.4. The highest BCUT2D eigenvalue weighted by atomic mass is 15.0. The van der Waals surface area contributed by atoms with E-state index in [2.05, 4.69) is 325 Å². The van der Waals surface area contributed by atoms with E-state index in [0.717, 1.165) is 5.69 Å². The van der Waals surface area contributed by atoms with Crippen LogP contribution in [-0.4, -0.2) is 9.13 Å². The zero-order valence-electron chi connectivity index (χ0n) is 44.4. The van der Waals surface area contributed by atoms with Gasteiger partial charge < -0.3 is 9.13 Å². The lowest BCUT2D eigenvalue weighted by Crippen LogP contribution is -2.28. The van der Waals surface area contributed by atoms with Crippen LogP contribution in [0.4, 0.5) is 0 Å². The van der Waals surface area contributed by atoms with Crippen LogP contribution in [0.5, 0.6) is 0 Å². The predicted molar refractivity (Wildman–Crippen MR) is 340 cm³/mol. The second-order valence-corrected chi connectivity index (χ2v) is 21.5. The summed E-state index contributed by atoms with van der Waals surface area (Å²) in [5.41, 5.74) is 26.3. The molecule has 13 aromatic carbocycles.